The molecule has 0 aliphatic heterocycles. The SMILES string of the molecule is ClC(Cc1ncc[nH]1)c1ccsc1. The predicted molar refractivity (Wildman–Crippen MR) is 55.2 cm³/mol. The lowest BCUT2D eigenvalue weighted by Crippen LogP contribution is -1.95. The summed E-state index contributed by atoms with van der Waals surface area (Å²) < 4.78 is 0. The first-order chi connectivity index (χ1) is 6.36. The van der Waals surface area contributed by atoms with Crippen LogP contribution < -0.4 is 0 Å². The van der Waals surface area contributed by atoms with Crippen LogP contribution in [0.25, 0.3) is 0 Å². The van der Waals surface area contributed by atoms with Crippen LogP contribution in [0.2, 0.25) is 0 Å². The molecular weight excluding hydrogens is 204 g/mol. The van der Waals surface area contributed by atoms with Crippen molar-refractivity contribution >= 4 is 22.9 Å². The Labute approximate surface area is 85.6 Å². The Bertz CT molecular complexity index is 342. The number of aromatic nitrogens is 2. The summed E-state index contributed by atoms with van der Waals surface area (Å²) in [7, 11) is 0. The van der Waals surface area contributed by atoms with E-state index in [1.807, 2.05) is 17.6 Å². The summed E-state index contributed by atoms with van der Waals surface area (Å²) in [5.74, 6) is 0.936. The van der Waals surface area contributed by atoms with Crippen LogP contribution in [-0.4, -0.2) is 9.97 Å². The summed E-state index contributed by atoms with van der Waals surface area (Å²) in [6.45, 7) is 0. The van der Waals surface area contributed by atoms with Crippen molar-refractivity contribution in [2.75, 3.05) is 0 Å². The molecule has 2 nitrogen and oxygen atoms in total. The van der Waals surface area contributed by atoms with Crippen molar-refractivity contribution in [3.63, 3.8) is 0 Å². The number of rotatable bonds is 3. The van der Waals surface area contributed by atoms with Crippen molar-refractivity contribution in [3.8, 4) is 0 Å². The number of halogens is 1. The number of H-pyrrole nitrogens is 1. The Morgan fingerprint density at radius 3 is 3.15 bits per heavy atom. The second-order valence-corrected chi connectivity index (χ2v) is 4.07. The number of hydrogen-bond donors (Lipinski definition) is 1. The first-order valence-electron chi connectivity index (χ1n) is 4.00. The third kappa shape index (κ3) is 2.11. The maximum atomic E-state index is 6.19. The van der Waals surface area contributed by atoms with E-state index in [4.69, 9.17) is 11.6 Å². The zero-order valence-corrected chi connectivity index (χ0v) is 8.48. The number of alkyl halides is 1. The Morgan fingerprint density at radius 2 is 2.54 bits per heavy atom. The molecule has 0 spiro atoms. The summed E-state index contributed by atoms with van der Waals surface area (Å²) in [4.78, 5) is 7.17. The molecule has 1 atom stereocenters. The molecule has 0 aliphatic rings. The first kappa shape index (κ1) is 8.78. The predicted octanol–water partition coefficient (Wildman–Crippen LogP) is 2.99. The van der Waals surface area contributed by atoms with Crippen molar-refractivity contribution in [1.29, 1.82) is 0 Å². The fourth-order valence-corrected chi connectivity index (χ4v) is 2.22. The standard InChI is InChI=1S/C9H9ClN2S/c10-8(7-1-4-13-6-7)5-9-11-2-3-12-9/h1-4,6,8H,5H2,(H,11,12). The van der Waals surface area contributed by atoms with Gasteiger partial charge in [-0.3, -0.25) is 0 Å². The molecule has 2 aromatic rings. The second-order valence-electron chi connectivity index (χ2n) is 2.76. The molecule has 0 saturated heterocycles. The molecule has 0 amide bonds. The van der Waals surface area contributed by atoms with Gasteiger partial charge < -0.3 is 4.98 Å². The third-order valence-electron chi connectivity index (χ3n) is 1.83. The summed E-state index contributed by atoms with van der Waals surface area (Å²) in [5, 5.41) is 4.13. The van der Waals surface area contributed by atoms with Crippen LogP contribution in [0.1, 0.15) is 16.8 Å². The lowest BCUT2D eigenvalue weighted by molar-refractivity contribution is 0.858. The van der Waals surface area contributed by atoms with Crippen LogP contribution in [0.3, 0.4) is 0 Å². The molecule has 0 saturated carbocycles. The summed E-state index contributed by atoms with van der Waals surface area (Å²) in [6, 6.07) is 2.05. The Balaban J connectivity index is 2.04. The molecule has 0 fully saturated rings. The van der Waals surface area contributed by atoms with Gasteiger partial charge in [0, 0.05) is 18.8 Å². The first-order valence-corrected chi connectivity index (χ1v) is 5.38. The Morgan fingerprint density at radius 1 is 1.62 bits per heavy atom. The van der Waals surface area contributed by atoms with Gasteiger partial charge in [-0.1, -0.05) is 0 Å². The van der Waals surface area contributed by atoms with Crippen LogP contribution in [-0.2, 0) is 6.42 Å². The van der Waals surface area contributed by atoms with Gasteiger partial charge in [-0.05, 0) is 22.4 Å². The van der Waals surface area contributed by atoms with Gasteiger partial charge in [0.05, 0.1) is 5.38 Å². The zero-order valence-electron chi connectivity index (χ0n) is 6.90. The number of imidazole rings is 1. The van der Waals surface area contributed by atoms with Crippen molar-refractivity contribution in [1.82, 2.24) is 9.97 Å². The van der Waals surface area contributed by atoms with Crippen molar-refractivity contribution in [3.05, 3.63) is 40.6 Å². The average Bonchev–Trinajstić information content (AvgIpc) is 2.74. The van der Waals surface area contributed by atoms with Crippen LogP contribution >= 0.6 is 22.9 Å². The molecule has 0 bridgehead atoms. The molecule has 0 radical (unpaired) electrons. The number of hydrogen-bond acceptors (Lipinski definition) is 2. The van der Waals surface area contributed by atoms with E-state index in [1.54, 1.807) is 17.5 Å². The van der Waals surface area contributed by atoms with E-state index in [0.29, 0.717) is 0 Å². The van der Waals surface area contributed by atoms with Crippen LogP contribution in [0.4, 0.5) is 0 Å². The minimum atomic E-state index is 0.0254. The van der Waals surface area contributed by atoms with Crippen molar-refractivity contribution < 1.29 is 0 Å². The summed E-state index contributed by atoms with van der Waals surface area (Å²) in [5.41, 5.74) is 1.17. The maximum Gasteiger partial charge on any atom is 0.107 e. The van der Waals surface area contributed by atoms with Crippen LogP contribution in [0, 0.1) is 0 Å². The summed E-state index contributed by atoms with van der Waals surface area (Å²) in [6.07, 6.45) is 4.31. The van der Waals surface area contributed by atoms with E-state index in [2.05, 4.69) is 15.3 Å². The van der Waals surface area contributed by atoms with Gasteiger partial charge in [0.15, 0.2) is 0 Å². The molecule has 0 aromatic carbocycles. The van der Waals surface area contributed by atoms with E-state index in [9.17, 15) is 0 Å². The molecule has 1 N–H and O–H groups in total. The second kappa shape index (κ2) is 3.94. The van der Waals surface area contributed by atoms with Crippen molar-refractivity contribution in [2.24, 2.45) is 0 Å². The highest BCUT2D eigenvalue weighted by atomic mass is 35.5. The number of nitrogens with zero attached hydrogens (tertiary/aromatic N) is 1. The molecule has 4 heteroatoms. The summed E-state index contributed by atoms with van der Waals surface area (Å²) >= 11 is 7.85. The molecule has 1 unspecified atom stereocenters. The average molecular weight is 213 g/mol. The van der Waals surface area contributed by atoms with Gasteiger partial charge in [0.2, 0.25) is 0 Å². The van der Waals surface area contributed by atoms with E-state index in [-0.39, 0.29) is 5.38 Å². The van der Waals surface area contributed by atoms with Gasteiger partial charge in [-0.25, -0.2) is 4.98 Å². The largest absolute Gasteiger partial charge is 0.349 e. The van der Waals surface area contributed by atoms with Gasteiger partial charge >= 0.3 is 0 Å². The lowest BCUT2D eigenvalue weighted by Gasteiger charge is -2.03. The minimum Gasteiger partial charge on any atom is -0.349 e. The van der Waals surface area contributed by atoms with Gasteiger partial charge in [0.1, 0.15) is 5.82 Å². The van der Waals surface area contributed by atoms with Gasteiger partial charge in [0.25, 0.3) is 0 Å². The highest BCUT2D eigenvalue weighted by molar-refractivity contribution is 7.08. The number of thiophene rings is 1. The van der Waals surface area contributed by atoms with E-state index >= 15 is 0 Å². The fraction of sp³-hybridized carbons (Fsp3) is 0.222. The Hall–Kier alpha value is -0.800. The monoisotopic (exact) mass is 212 g/mol. The Kier molecular flexibility index (Phi) is 2.66. The molecule has 0 aliphatic carbocycles. The van der Waals surface area contributed by atoms with E-state index in [1.165, 1.54) is 5.56 Å². The molecular formula is C9H9ClN2S. The molecule has 68 valence electrons. The quantitative estimate of drug-likeness (QED) is 0.779. The fourth-order valence-electron chi connectivity index (χ4n) is 1.15. The van der Waals surface area contributed by atoms with Crippen LogP contribution in [0.15, 0.2) is 29.2 Å². The molecule has 13 heavy (non-hydrogen) atoms. The van der Waals surface area contributed by atoms with E-state index in [0.717, 1.165) is 12.2 Å². The molecule has 2 heterocycles. The smallest absolute Gasteiger partial charge is 0.107 e. The third-order valence-corrected chi connectivity index (χ3v) is 2.94. The number of nitrogens with one attached hydrogen (secondary N) is 1. The molecule has 2 aromatic heterocycles. The van der Waals surface area contributed by atoms with Crippen LogP contribution in [0.5, 0.6) is 0 Å². The van der Waals surface area contributed by atoms with Gasteiger partial charge in [-0.15, -0.1) is 11.6 Å². The highest BCUT2D eigenvalue weighted by Crippen LogP contribution is 2.25. The topological polar surface area (TPSA) is 28.7 Å². The normalized spacial score (nSPS) is 13.0. The highest BCUT2D eigenvalue weighted by Gasteiger charge is 2.09. The van der Waals surface area contributed by atoms with Crippen molar-refractivity contribution in [2.45, 2.75) is 11.8 Å². The minimum absolute atomic E-state index is 0.0254. The molecule has 2 rings (SSSR count). The maximum absolute atomic E-state index is 6.19. The van der Waals surface area contributed by atoms with E-state index < -0.39 is 0 Å². The number of aromatic amines is 1. The van der Waals surface area contributed by atoms with Gasteiger partial charge in [-0.2, -0.15) is 11.3 Å². The lowest BCUT2D eigenvalue weighted by atomic mass is 10.2. The zero-order chi connectivity index (χ0) is 9.10.